The summed E-state index contributed by atoms with van der Waals surface area (Å²) in [6.45, 7) is 4.93. The Kier molecular flexibility index (Phi) is 4.58. The molecule has 0 fully saturated rings. The van der Waals surface area contributed by atoms with Gasteiger partial charge in [-0.2, -0.15) is 5.10 Å². The van der Waals surface area contributed by atoms with Gasteiger partial charge >= 0.3 is 0 Å². The molecule has 19 heavy (non-hydrogen) atoms. The Labute approximate surface area is 115 Å². The second-order valence-corrected chi connectivity index (χ2v) is 4.83. The molecule has 1 N–H and O–H groups in total. The fourth-order valence-corrected chi connectivity index (χ4v) is 2.06. The molecular weight excluding hydrogens is 236 g/mol. The van der Waals surface area contributed by atoms with Crippen molar-refractivity contribution in [2.45, 2.75) is 20.0 Å². The topological polar surface area (TPSA) is 33.1 Å². The van der Waals surface area contributed by atoms with Crippen molar-refractivity contribution < 1.29 is 0 Å². The molecule has 1 heterocycles. The molecule has 0 saturated carbocycles. The van der Waals surface area contributed by atoms with Crippen LogP contribution >= 0.6 is 0 Å². The average Bonchev–Trinajstić information content (AvgIpc) is 2.82. The Morgan fingerprint density at radius 1 is 1.21 bits per heavy atom. The fraction of sp³-hybridized carbons (Fsp3) is 0.400. The molecule has 0 aliphatic carbocycles. The average molecular weight is 258 g/mol. The van der Waals surface area contributed by atoms with Crippen molar-refractivity contribution in [2.24, 2.45) is 7.05 Å². The highest BCUT2D eigenvalue weighted by Crippen LogP contribution is 2.16. The highest BCUT2D eigenvalue weighted by atomic mass is 15.2. The standard InChI is InChI=1S/C15H22N4/c1-4-16-9-13-5-7-15(8-6-13)18(2)11-14-10-17-19(3)12-14/h5-8,10,12,16H,4,9,11H2,1-3H3. The van der Waals surface area contributed by atoms with Gasteiger partial charge in [-0.25, -0.2) is 0 Å². The summed E-state index contributed by atoms with van der Waals surface area (Å²) in [5.74, 6) is 0. The first kappa shape index (κ1) is 13.6. The van der Waals surface area contributed by atoms with E-state index in [1.54, 1.807) is 0 Å². The largest absolute Gasteiger partial charge is 0.370 e. The van der Waals surface area contributed by atoms with Crippen molar-refractivity contribution in [2.75, 3.05) is 18.5 Å². The lowest BCUT2D eigenvalue weighted by Gasteiger charge is -2.18. The molecule has 0 amide bonds. The lowest BCUT2D eigenvalue weighted by Crippen LogP contribution is -2.16. The summed E-state index contributed by atoms with van der Waals surface area (Å²) in [4.78, 5) is 2.23. The lowest BCUT2D eigenvalue weighted by molar-refractivity contribution is 0.726. The quantitative estimate of drug-likeness (QED) is 0.862. The minimum atomic E-state index is 0.875. The predicted octanol–water partition coefficient (Wildman–Crippen LogP) is 2.17. The zero-order valence-electron chi connectivity index (χ0n) is 11.9. The molecule has 1 aromatic carbocycles. The van der Waals surface area contributed by atoms with E-state index in [2.05, 4.69) is 59.7 Å². The number of rotatable bonds is 6. The van der Waals surface area contributed by atoms with Gasteiger partial charge in [-0.1, -0.05) is 19.1 Å². The minimum absolute atomic E-state index is 0.875. The smallest absolute Gasteiger partial charge is 0.0539 e. The first-order chi connectivity index (χ1) is 9.19. The Morgan fingerprint density at radius 3 is 2.53 bits per heavy atom. The van der Waals surface area contributed by atoms with E-state index in [0.29, 0.717) is 0 Å². The van der Waals surface area contributed by atoms with E-state index >= 15 is 0 Å². The van der Waals surface area contributed by atoms with Crippen molar-refractivity contribution >= 4 is 5.69 Å². The third-order valence-electron chi connectivity index (χ3n) is 3.13. The van der Waals surface area contributed by atoms with Gasteiger partial charge in [-0.3, -0.25) is 4.68 Å². The van der Waals surface area contributed by atoms with Crippen LogP contribution in [0.5, 0.6) is 0 Å². The molecule has 0 unspecified atom stereocenters. The Hall–Kier alpha value is -1.81. The van der Waals surface area contributed by atoms with Crippen LogP contribution in [0.15, 0.2) is 36.7 Å². The normalized spacial score (nSPS) is 10.7. The molecule has 4 heteroatoms. The molecule has 4 nitrogen and oxygen atoms in total. The summed E-state index contributed by atoms with van der Waals surface area (Å²) in [5, 5.41) is 7.52. The summed E-state index contributed by atoms with van der Waals surface area (Å²) in [6.07, 6.45) is 3.96. The van der Waals surface area contributed by atoms with Crippen molar-refractivity contribution in [1.29, 1.82) is 0 Å². The van der Waals surface area contributed by atoms with Gasteiger partial charge in [0, 0.05) is 44.6 Å². The monoisotopic (exact) mass is 258 g/mol. The van der Waals surface area contributed by atoms with Crippen molar-refractivity contribution in [3.05, 3.63) is 47.8 Å². The Balaban J connectivity index is 1.97. The third kappa shape index (κ3) is 3.83. The predicted molar refractivity (Wildman–Crippen MR) is 79.1 cm³/mol. The molecular formula is C15H22N4. The van der Waals surface area contributed by atoms with Gasteiger partial charge in [-0.05, 0) is 24.2 Å². The number of benzene rings is 1. The summed E-state index contributed by atoms with van der Waals surface area (Å²) < 4.78 is 1.84. The van der Waals surface area contributed by atoms with Gasteiger partial charge in [0.1, 0.15) is 0 Å². The lowest BCUT2D eigenvalue weighted by atomic mass is 10.2. The maximum atomic E-state index is 4.19. The van der Waals surface area contributed by atoms with E-state index in [1.807, 2.05) is 17.9 Å². The molecule has 0 aliphatic heterocycles. The van der Waals surface area contributed by atoms with Gasteiger partial charge in [0.25, 0.3) is 0 Å². The number of aryl methyl sites for hydroxylation is 1. The van der Waals surface area contributed by atoms with E-state index in [9.17, 15) is 0 Å². The highest BCUT2D eigenvalue weighted by Gasteiger charge is 2.03. The van der Waals surface area contributed by atoms with Gasteiger partial charge in [-0.15, -0.1) is 0 Å². The van der Waals surface area contributed by atoms with Crippen LogP contribution in [0.4, 0.5) is 5.69 Å². The molecule has 0 saturated heterocycles. The van der Waals surface area contributed by atoms with Crippen LogP contribution in [-0.4, -0.2) is 23.4 Å². The van der Waals surface area contributed by atoms with Gasteiger partial charge in [0.2, 0.25) is 0 Å². The van der Waals surface area contributed by atoms with Gasteiger partial charge < -0.3 is 10.2 Å². The number of hydrogen-bond acceptors (Lipinski definition) is 3. The summed E-state index contributed by atoms with van der Waals surface area (Å²) in [5.41, 5.74) is 3.77. The van der Waals surface area contributed by atoms with E-state index in [-0.39, 0.29) is 0 Å². The van der Waals surface area contributed by atoms with Gasteiger partial charge in [0.05, 0.1) is 6.20 Å². The first-order valence-electron chi connectivity index (χ1n) is 6.67. The van der Waals surface area contributed by atoms with E-state index in [4.69, 9.17) is 0 Å². The van der Waals surface area contributed by atoms with E-state index < -0.39 is 0 Å². The molecule has 0 bridgehead atoms. The van der Waals surface area contributed by atoms with Crippen LogP contribution < -0.4 is 10.2 Å². The van der Waals surface area contributed by atoms with Crippen molar-refractivity contribution in [1.82, 2.24) is 15.1 Å². The zero-order chi connectivity index (χ0) is 13.7. The SMILES string of the molecule is CCNCc1ccc(N(C)Cc2cnn(C)c2)cc1. The second-order valence-electron chi connectivity index (χ2n) is 4.83. The van der Waals surface area contributed by atoms with E-state index in [0.717, 1.165) is 19.6 Å². The molecule has 0 atom stereocenters. The summed E-state index contributed by atoms with van der Waals surface area (Å²) in [6, 6.07) is 8.70. The van der Waals surface area contributed by atoms with Crippen molar-refractivity contribution in [3.63, 3.8) is 0 Å². The van der Waals surface area contributed by atoms with Crippen LogP contribution in [0, 0.1) is 0 Å². The molecule has 2 aromatic rings. The molecule has 102 valence electrons. The maximum Gasteiger partial charge on any atom is 0.0539 e. The van der Waals surface area contributed by atoms with Crippen LogP contribution in [0.1, 0.15) is 18.1 Å². The van der Waals surface area contributed by atoms with Gasteiger partial charge in [0.15, 0.2) is 0 Å². The summed E-state index contributed by atoms with van der Waals surface area (Å²) in [7, 11) is 4.05. The molecule has 0 spiro atoms. The molecule has 0 radical (unpaired) electrons. The second kappa shape index (κ2) is 6.38. The van der Waals surface area contributed by atoms with Crippen LogP contribution in [0.2, 0.25) is 0 Å². The molecule has 1 aromatic heterocycles. The minimum Gasteiger partial charge on any atom is -0.370 e. The van der Waals surface area contributed by atoms with Crippen molar-refractivity contribution in [3.8, 4) is 0 Å². The van der Waals surface area contributed by atoms with Crippen LogP contribution in [0.3, 0.4) is 0 Å². The Morgan fingerprint density at radius 2 is 1.95 bits per heavy atom. The molecule has 0 aliphatic rings. The summed E-state index contributed by atoms with van der Waals surface area (Å²) >= 11 is 0. The fourth-order valence-electron chi connectivity index (χ4n) is 2.06. The highest BCUT2D eigenvalue weighted by molar-refractivity contribution is 5.47. The first-order valence-corrected chi connectivity index (χ1v) is 6.67. The number of aromatic nitrogens is 2. The zero-order valence-corrected chi connectivity index (χ0v) is 11.9. The number of anilines is 1. The number of hydrogen-bond donors (Lipinski definition) is 1. The number of nitrogens with one attached hydrogen (secondary N) is 1. The maximum absolute atomic E-state index is 4.19. The third-order valence-corrected chi connectivity index (χ3v) is 3.13. The van der Waals surface area contributed by atoms with Crippen LogP contribution in [-0.2, 0) is 20.1 Å². The van der Waals surface area contributed by atoms with Crippen LogP contribution in [0.25, 0.3) is 0 Å². The Bertz CT molecular complexity index is 501. The van der Waals surface area contributed by atoms with E-state index in [1.165, 1.54) is 16.8 Å². The molecule has 2 rings (SSSR count). The number of nitrogens with zero attached hydrogens (tertiary/aromatic N) is 3.